The Hall–Kier alpha value is -3.91. The van der Waals surface area contributed by atoms with Gasteiger partial charge in [0.15, 0.2) is 12.2 Å². The number of nitrogens with one attached hydrogen (secondary N) is 2. The summed E-state index contributed by atoms with van der Waals surface area (Å²) in [7, 11) is 0. The van der Waals surface area contributed by atoms with E-state index in [1.165, 1.54) is 24.7 Å². The van der Waals surface area contributed by atoms with E-state index in [0.717, 1.165) is 32.0 Å². The minimum atomic E-state index is -1.27. The molecule has 1 aromatic carbocycles. The maximum atomic E-state index is 12.1. The number of piperidine rings is 1. The van der Waals surface area contributed by atoms with Crippen molar-refractivity contribution in [2.24, 2.45) is 21.3 Å². The van der Waals surface area contributed by atoms with Crippen LogP contribution in [0.3, 0.4) is 0 Å². The maximum Gasteiger partial charge on any atom is 0.354 e. The van der Waals surface area contributed by atoms with Gasteiger partial charge in [0.2, 0.25) is 5.96 Å². The molecule has 1 saturated heterocycles. The molecule has 1 atom stereocenters. The van der Waals surface area contributed by atoms with Crippen LogP contribution in [0.1, 0.15) is 53.9 Å². The molecular weight excluding hydrogens is 498 g/mol. The molecule has 11 heteroatoms. The molecule has 2 heterocycles. The first kappa shape index (κ1) is 29.6. The minimum absolute atomic E-state index is 0.208. The Labute approximate surface area is 229 Å². The number of benzene rings is 1. The fourth-order valence-electron chi connectivity index (χ4n) is 5.24. The second-order valence-corrected chi connectivity index (χ2v) is 11.1. The number of aliphatic carboxylic acids is 2. The lowest BCUT2D eigenvalue weighted by molar-refractivity contribution is -0.137. The van der Waals surface area contributed by atoms with E-state index in [1.807, 2.05) is 6.19 Å². The highest BCUT2D eigenvalue weighted by atomic mass is 16.4. The van der Waals surface area contributed by atoms with E-state index in [1.54, 1.807) is 31.2 Å². The van der Waals surface area contributed by atoms with Crippen LogP contribution in [0.2, 0.25) is 0 Å². The molecule has 11 nitrogen and oxygen atoms in total. The first-order valence-corrected chi connectivity index (χ1v) is 13.2. The zero-order valence-electron chi connectivity index (χ0n) is 23.4. The number of anilines is 2. The smallest absolute Gasteiger partial charge is 0.354 e. The average molecular weight is 538 g/mol. The normalized spacial score (nSPS) is 19.4. The van der Waals surface area contributed by atoms with E-state index >= 15 is 0 Å². The van der Waals surface area contributed by atoms with Crippen molar-refractivity contribution in [3.05, 3.63) is 35.7 Å². The number of carboxylic acids is 2. The average Bonchev–Trinajstić information content (AvgIpc) is 2.85. The van der Waals surface area contributed by atoms with E-state index in [2.05, 4.69) is 46.3 Å². The Morgan fingerprint density at radius 2 is 1.90 bits per heavy atom. The van der Waals surface area contributed by atoms with Crippen LogP contribution in [0.25, 0.3) is 0 Å². The van der Waals surface area contributed by atoms with Crippen LogP contribution in [0.4, 0.5) is 11.4 Å². The Kier molecular flexibility index (Phi) is 9.70. The SMILES string of the molecule is CC1=NC(C)=C(C(=O)O)N(c2cccc(NC(=NCCCN3CCC(C(C)(C)C)CC3)NC#N)c2)C1C(=O)O. The highest BCUT2D eigenvalue weighted by Crippen LogP contribution is 2.34. The monoisotopic (exact) mass is 537 g/mol. The summed E-state index contributed by atoms with van der Waals surface area (Å²) in [5.74, 6) is -1.48. The molecule has 1 fully saturated rings. The second-order valence-electron chi connectivity index (χ2n) is 11.1. The number of hydrogen-bond donors (Lipinski definition) is 4. The summed E-state index contributed by atoms with van der Waals surface area (Å²) in [5, 5.41) is 34.5. The van der Waals surface area contributed by atoms with E-state index in [4.69, 9.17) is 0 Å². The summed E-state index contributed by atoms with van der Waals surface area (Å²) in [4.78, 5) is 36.5. The molecule has 2 aliphatic heterocycles. The van der Waals surface area contributed by atoms with Gasteiger partial charge in [0.25, 0.3) is 0 Å². The van der Waals surface area contributed by atoms with Crippen molar-refractivity contribution in [3.63, 3.8) is 0 Å². The number of aliphatic imine (C=N–C) groups is 2. The van der Waals surface area contributed by atoms with Crippen molar-refractivity contribution in [2.45, 2.75) is 59.9 Å². The predicted molar refractivity (Wildman–Crippen MR) is 152 cm³/mol. The van der Waals surface area contributed by atoms with Gasteiger partial charge in [-0.2, -0.15) is 5.26 Å². The highest BCUT2D eigenvalue weighted by molar-refractivity contribution is 6.12. The lowest BCUT2D eigenvalue weighted by atomic mass is 9.75. The third-order valence-electron chi connectivity index (χ3n) is 7.29. The topological polar surface area (TPSA) is 154 Å². The fourth-order valence-corrected chi connectivity index (χ4v) is 5.24. The van der Waals surface area contributed by atoms with Crippen LogP contribution in [0, 0.1) is 22.8 Å². The van der Waals surface area contributed by atoms with Gasteiger partial charge in [-0.25, -0.2) is 9.59 Å². The number of allylic oxidation sites excluding steroid dienone is 1. The van der Waals surface area contributed by atoms with Gasteiger partial charge in [0.1, 0.15) is 5.70 Å². The number of guanidine groups is 1. The first-order valence-electron chi connectivity index (χ1n) is 13.2. The molecule has 210 valence electrons. The number of likely N-dealkylation sites (tertiary alicyclic amines) is 1. The van der Waals surface area contributed by atoms with Gasteiger partial charge in [-0.15, -0.1) is 0 Å². The molecule has 0 aromatic heterocycles. The Morgan fingerprint density at radius 3 is 2.49 bits per heavy atom. The van der Waals surface area contributed by atoms with Gasteiger partial charge in [-0.3, -0.25) is 15.3 Å². The molecule has 0 bridgehead atoms. The molecular formula is C28H39N7O4. The summed E-state index contributed by atoms with van der Waals surface area (Å²) < 4.78 is 0. The van der Waals surface area contributed by atoms with Crippen LogP contribution in [-0.4, -0.2) is 70.9 Å². The summed E-state index contributed by atoms with van der Waals surface area (Å²) >= 11 is 0. The molecule has 1 aromatic rings. The maximum absolute atomic E-state index is 12.1. The Morgan fingerprint density at radius 1 is 1.21 bits per heavy atom. The summed E-state index contributed by atoms with van der Waals surface area (Å²) in [5.41, 5.74) is 1.50. The molecule has 0 spiro atoms. The van der Waals surface area contributed by atoms with Crippen LogP contribution in [0.5, 0.6) is 0 Å². The van der Waals surface area contributed by atoms with E-state index in [-0.39, 0.29) is 23.1 Å². The molecule has 0 aliphatic carbocycles. The van der Waals surface area contributed by atoms with Gasteiger partial charge in [-0.05, 0) is 82.3 Å². The lowest BCUT2D eigenvalue weighted by Gasteiger charge is -2.38. The molecule has 1 unspecified atom stereocenters. The summed E-state index contributed by atoms with van der Waals surface area (Å²) in [6, 6.07) is 5.40. The zero-order valence-corrected chi connectivity index (χ0v) is 23.4. The van der Waals surface area contributed by atoms with Crippen LogP contribution in [0.15, 0.2) is 45.6 Å². The lowest BCUT2D eigenvalue weighted by Crippen LogP contribution is -2.49. The fraction of sp³-hybridized carbons (Fsp3) is 0.536. The first-order chi connectivity index (χ1) is 18.4. The van der Waals surface area contributed by atoms with Crippen molar-refractivity contribution in [1.29, 1.82) is 5.26 Å². The van der Waals surface area contributed by atoms with Crippen LogP contribution >= 0.6 is 0 Å². The molecule has 39 heavy (non-hydrogen) atoms. The molecule has 2 aliphatic rings. The van der Waals surface area contributed by atoms with Gasteiger partial charge >= 0.3 is 11.9 Å². The quantitative estimate of drug-likeness (QED) is 0.128. The highest BCUT2D eigenvalue weighted by Gasteiger charge is 2.38. The third-order valence-corrected chi connectivity index (χ3v) is 7.29. The number of carbonyl (C=O) groups is 2. The predicted octanol–water partition coefficient (Wildman–Crippen LogP) is 3.72. The number of hydrogen-bond acceptors (Lipinski definition) is 7. The van der Waals surface area contributed by atoms with Crippen LogP contribution in [-0.2, 0) is 9.59 Å². The van der Waals surface area contributed by atoms with Gasteiger partial charge in [0.05, 0.1) is 5.70 Å². The van der Waals surface area contributed by atoms with Crippen molar-refractivity contribution in [3.8, 4) is 6.19 Å². The van der Waals surface area contributed by atoms with Crippen molar-refractivity contribution >= 4 is 35.0 Å². The number of nitrogens with zero attached hydrogens (tertiary/aromatic N) is 5. The zero-order chi connectivity index (χ0) is 28.7. The number of rotatable bonds is 8. The van der Waals surface area contributed by atoms with Gasteiger partial charge in [0, 0.05) is 23.6 Å². The van der Waals surface area contributed by atoms with Crippen molar-refractivity contribution in [1.82, 2.24) is 10.2 Å². The third kappa shape index (κ3) is 7.57. The van der Waals surface area contributed by atoms with Crippen LogP contribution < -0.4 is 15.5 Å². The Balaban J connectivity index is 1.69. The largest absolute Gasteiger partial charge is 0.479 e. The Bertz CT molecular complexity index is 1200. The van der Waals surface area contributed by atoms with E-state index in [9.17, 15) is 25.1 Å². The number of carboxylic acid groups (broad SMARTS) is 2. The van der Waals surface area contributed by atoms with Gasteiger partial charge in [-0.1, -0.05) is 26.8 Å². The van der Waals surface area contributed by atoms with Crippen molar-refractivity contribution < 1.29 is 19.8 Å². The van der Waals surface area contributed by atoms with Gasteiger partial charge < -0.3 is 25.3 Å². The van der Waals surface area contributed by atoms with E-state index < -0.39 is 18.0 Å². The standard InChI is InChI=1S/C28H39N7O4/c1-18-23(25(36)37)35(24(26(38)39)19(2)32-18)22-9-6-8-21(16-22)33-27(31-17-29)30-12-7-13-34-14-10-20(11-15-34)28(3,4)5/h6,8-9,16,20,23H,7,10-15H2,1-5H3,(H,36,37)(H,38,39)(H2,30,31,33). The van der Waals surface area contributed by atoms with E-state index in [0.29, 0.717) is 23.3 Å². The molecule has 0 radical (unpaired) electrons. The second kappa shape index (κ2) is 12.8. The molecule has 3 rings (SSSR count). The summed E-state index contributed by atoms with van der Waals surface area (Å²) in [6.45, 7) is 13.7. The molecule has 0 amide bonds. The van der Waals surface area contributed by atoms with Crippen molar-refractivity contribution in [2.75, 3.05) is 36.4 Å². The summed E-state index contributed by atoms with van der Waals surface area (Å²) in [6.07, 6.45) is 5.14. The number of nitriles is 1. The molecule has 0 saturated carbocycles. The minimum Gasteiger partial charge on any atom is -0.479 e. The molecule has 4 N–H and O–H groups in total.